The van der Waals surface area contributed by atoms with Crippen LogP contribution >= 0.6 is 0 Å². The SMILES string of the molecule is COc1cc(O)c2c(c1OC)C[C@H](C)OC2=O. The van der Waals surface area contributed by atoms with Gasteiger partial charge in [-0.3, -0.25) is 0 Å². The zero-order valence-corrected chi connectivity index (χ0v) is 9.94. The number of methoxy groups -OCH3 is 2. The minimum Gasteiger partial charge on any atom is -0.507 e. The van der Waals surface area contributed by atoms with Crippen LogP contribution in [0.1, 0.15) is 22.8 Å². The summed E-state index contributed by atoms with van der Waals surface area (Å²) in [7, 11) is 2.98. The predicted octanol–water partition coefficient (Wildman–Crippen LogP) is 1.51. The summed E-state index contributed by atoms with van der Waals surface area (Å²) >= 11 is 0. The van der Waals surface area contributed by atoms with Crippen molar-refractivity contribution in [1.29, 1.82) is 0 Å². The maximum absolute atomic E-state index is 11.7. The Morgan fingerprint density at radius 2 is 2.12 bits per heavy atom. The monoisotopic (exact) mass is 238 g/mol. The number of ether oxygens (including phenoxy) is 3. The molecular formula is C12H14O5. The Balaban J connectivity index is 2.68. The lowest BCUT2D eigenvalue weighted by Crippen LogP contribution is -2.25. The number of carbonyl (C=O) groups is 1. The summed E-state index contributed by atoms with van der Waals surface area (Å²) in [5.74, 6) is 0.209. The van der Waals surface area contributed by atoms with Gasteiger partial charge in [0.2, 0.25) is 0 Å². The molecule has 1 aliphatic rings. The molecule has 0 bridgehead atoms. The molecule has 5 nitrogen and oxygen atoms in total. The third kappa shape index (κ3) is 1.77. The quantitative estimate of drug-likeness (QED) is 0.791. The average Bonchev–Trinajstić information content (AvgIpc) is 2.27. The highest BCUT2D eigenvalue weighted by molar-refractivity contribution is 5.96. The number of rotatable bonds is 2. The number of benzene rings is 1. The summed E-state index contributed by atoms with van der Waals surface area (Å²) in [5.41, 5.74) is 0.800. The van der Waals surface area contributed by atoms with Crippen molar-refractivity contribution < 1.29 is 24.1 Å². The van der Waals surface area contributed by atoms with Crippen molar-refractivity contribution in [2.75, 3.05) is 14.2 Å². The number of carbonyl (C=O) groups excluding carboxylic acids is 1. The summed E-state index contributed by atoms with van der Waals surface area (Å²) in [6, 6.07) is 1.36. The van der Waals surface area contributed by atoms with Crippen LogP contribution < -0.4 is 9.47 Å². The molecule has 0 saturated carbocycles. The van der Waals surface area contributed by atoms with Gasteiger partial charge in [-0.1, -0.05) is 0 Å². The highest BCUT2D eigenvalue weighted by Crippen LogP contribution is 2.42. The van der Waals surface area contributed by atoms with Crippen molar-refractivity contribution in [3.63, 3.8) is 0 Å². The van der Waals surface area contributed by atoms with Crippen molar-refractivity contribution in [2.45, 2.75) is 19.4 Å². The molecule has 17 heavy (non-hydrogen) atoms. The molecule has 0 radical (unpaired) electrons. The Bertz CT molecular complexity index is 466. The van der Waals surface area contributed by atoms with Crippen LogP contribution in [0.3, 0.4) is 0 Å². The Labute approximate surface area is 98.9 Å². The first kappa shape index (κ1) is 11.6. The summed E-state index contributed by atoms with van der Waals surface area (Å²) in [6.07, 6.45) is 0.255. The van der Waals surface area contributed by atoms with E-state index in [2.05, 4.69) is 0 Å². The molecule has 0 spiro atoms. The van der Waals surface area contributed by atoms with Crippen molar-refractivity contribution in [3.8, 4) is 17.2 Å². The number of fused-ring (bicyclic) bond motifs is 1. The van der Waals surface area contributed by atoms with E-state index in [-0.39, 0.29) is 17.4 Å². The molecule has 92 valence electrons. The van der Waals surface area contributed by atoms with Crippen molar-refractivity contribution in [2.24, 2.45) is 0 Å². The van der Waals surface area contributed by atoms with E-state index in [1.165, 1.54) is 20.3 Å². The first-order chi connectivity index (χ1) is 8.08. The van der Waals surface area contributed by atoms with E-state index in [4.69, 9.17) is 14.2 Å². The van der Waals surface area contributed by atoms with Crippen LogP contribution in [0.5, 0.6) is 17.2 Å². The second-order valence-electron chi connectivity index (χ2n) is 3.90. The molecule has 1 heterocycles. The summed E-state index contributed by atoms with van der Waals surface area (Å²) < 4.78 is 15.4. The second-order valence-corrected chi connectivity index (χ2v) is 3.90. The molecular weight excluding hydrogens is 224 g/mol. The van der Waals surface area contributed by atoms with Gasteiger partial charge in [0.1, 0.15) is 17.4 Å². The Hall–Kier alpha value is -1.91. The van der Waals surface area contributed by atoms with E-state index in [9.17, 15) is 9.90 Å². The molecule has 1 aliphatic heterocycles. The van der Waals surface area contributed by atoms with Gasteiger partial charge in [0, 0.05) is 18.1 Å². The minimum absolute atomic E-state index is 0.144. The van der Waals surface area contributed by atoms with E-state index in [1.54, 1.807) is 6.92 Å². The van der Waals surface area contributed by atoms with Crippen LogP contribution in [0.2, 0.25) is 0 Å². The van der Waals surface area contributed by atoms with Gasteiger partial charge in [-0.05, 0) is 6.92 Å². The highest BCUT2D eigenvalue weighted by Gasteiger charge is 2.31. The number of phenolic OH excluding ortho intramolecular Hbond substituents is 1. The molecule has 5 heteroatoms. The molecule has 1 atom stereocenters. The van der Waals surface area contributed by atoms with Crippen LogP contribution in [-0.4, -0.2) is 31.4 Å². The van der Waals surface area contributed by atoms with Crippen molar-refractivity contribution >= 4 is 5.97 Å². The highest BCUT2D eigenvalue weighted by atomic mass is 16.5. The number of aromatic hydroxyl groups is 1. The maximum atomic E-state index is 11.7. The first-order valence-corrected chi connectivity index (χ1v) is 5.26. The zero-order valence-electron chi connectivity index (χ0n) is 9.94. The second kappa shape index (κ2) is 4.16. The van der Waals surface area contributed by atoms with E-state index < -0.39 is 5.97 Å². The normalized spacial score (nSPS) is 18.3. The molecule has 0 saturated heterocycles. The number of cyclic esters (lactones) is 1. The minimum atomic E-state index is -0.530. The van der Waals surface area contributed by atoms with E-state index in [0.29, 0.717) is 23.5 Å². The first-order valence-electron chi connectivity index (χ1n) is 5.26. The van der Waals surface area contributed by atoms with Gasteiger partial charge in [-0.2, -0.15) is 0 Å². The molecule has 0 amide bonds. The lowest BCUT2D eigenvalue weighted by molar-refractivity contribution is 0.0293. The van der Waals surface area contributed by atoms with Crippen LogP contribution in [0, 0.1) is 0 Å². The lowest BCUT2D eigenvalue weighted by atomic mass is 9.96. The summed E-state index contributed by atoms with van der Waals surface area (Å²) in [4.78, 5) is 11.7. The lowest BCUT2D eigenvalue weighted by Gasteiger charge is -2.25. The van der Waals surface area contributed by atoms with E-state index >= 15 is 0 Å². The number of phenols is 1. The van der Waals surface area contributed by atoms with Crippen molar-refractivity contribution in [3.05, 3.63) is 17.2 Å². The van der Waals surface area contributed by atoms with Gasteiger partial charge in [0.15, 0.2) is 11.5 Å². The van der Waals surface area contributed by atoms with E-state index in [0.717, 1.165) is 0 Å². The Morgan fingerprint density at radius 3 is 2.71 bits per heavy atom. The molecule has 1 N–H and O–H groups in total. The van der Waals surface area contributed by atoms with Gasteiger partial charge in [0.05, 0.1) is 14.2 Å². The smallest absolute Gasteiger partial charge is 0.342 e. The fourth-order valence-electron chi connectivity index (χ4n) is 2.05. The molecule has 2 rings (SSSR count). The fraction of sp³-hybridized carbons (Fsp3) is 0.417. The molecule has 1 aromatic carbocycles. The van der Waals surface area contributed by atoms with Crippen LogP contribution in [-0.2, 0) is 11.2 Å². The number of esters is 1. The van der Waals surface area contributed by atoms with Crippen LogP contribution in [0.25, 0.3) is 0 Å². The summed E-state index contributed by atoms with van der Waals surface area (Å²) in [5, 5.41) is 9.81. The molecule has 0 aliphatic carbocycles. The van der Waals surface area contributed by atoms with Crippen LogP contribution in [0.4, 0.5) is 0 Å². The van der Waals surface area contributed by atoms with Gasteiger partial charge < -0.3 is 19.3 Å². The standard InChI is InChI=1S/C12H14O5/c1-6-4-7-10(12(14)17-6)8(13)5-9(15-2)11(7)16-3/h5-6,13H,4H2,1-3H3/t6-/m0/s1. The molecule has 0 fully saturated rings. The van der Waals surface area contributed by atoms with Gasteiger partial charge >= 0.3 is 5.97 Å². The molecule has 0 unspecified atom stereocenters. The largest absolute Gasteiger partial charge is 0.507 e. The number of hydrogen-bond acceptors (Lipinski definition) is 5. The predicted molar refractivity (Wildman–Crippen MR) is 59.8 cm³/mol. The Kier molecular flexibility index (Phi) is 2.83. The third-order valence-corrected chi connectivity index (χ3v) is 2.75. The molecule has 1 aromatic rings. The summed E-state index contributed by atoms with van der Waals surface area (Å²) in [6.45, 7) is 1.79. The maximum Gasteiger partial charge on any atom is 0.342 e. The fourth-order valence-corrected chi connectivity index (χ4v) is 2.05. The Morgan fingerprint density at radius 1 is 1.41 bits per heavy atom. The zero-order chi connectivity index (χ0) is 12.6. The van der Waals surface area contributed by atoms with E-state index in [1.807, 2.05) is 0 Å². The third-order valence-electron chi connectivity index (χ3n) is 2.75. The topological polar surface area (TPSA) is 65.0 Å². The number of hydrogen-bond donors (Lipinski definition) is 1. The van der Waals surface area contributed by atoms with Gasteiger partial charge in [0.25, 0.3) is 0 Å². The van der Waals surface area contributed by atoms with Crippen molar-refractivity contribution in [1.82, 2.24) is 0 Å². The van der Waals surface area contributed by atoms with Gasteiger partial charge in [-0.25, -0.2) is 4.79 Å². The van der Waals surface area contributed by atoms with Gasteiger partial charge in [-0.15, -0.1) is 0 Å². The van der Waals surface area contributed by atoms with Crippen LogP contribution in [0.15, 0.2) is 6.07 Å². The average molecular weight is 238 g/mol. The molecule has 0 aromatic heterocycles.